The molecule has 0 saturated carbocycles. The highest BCUT2D eigenvalue weighted by Crippen LogP contribution is 2.20. The Kier molecular flexibility index (Phi) is 5.01. The van der Waals surface area contributed by atoms with Crippen LogP contribution in [0.15, 0.2) is 70.1 Å². The number of hydrogen-bond acceptors (Lipinski definition) is 6. The van der Waals surface area contributed by atoms with E-state index >= 15 is 0 Å². The molecule has 0 radical (unpaired) electrons. The van der Waals surface area contributed by atoms with Gasteiger partial charge in [0, 0.05) is 12.2 Å². The first kappa shape index (κ1) is 17.7. The van der Waals surface area contributed by atoms with Gasteiger partial charge >= 0.3 is 0 Å². The first-order chi connectivity index (χ1) is 13.8. The van der Waals surface area contributed by atoms with Gasteiger partial charge in [-0.2, -0.15) is 0 Å². The van der Waals surface area contributed by atoms with E-state index in [4.69, 9.17) is 8.83 Å². The molecular weight excluding hydrogens is 358 g/mol. The molecule has 0 fully saturated rings. The molecule has 0 bridgehead atoms. The lowest BCUT2D eigenvalue weighted by Gasteiger charge is -2.20. The van der Waals surface area contributed by atoms with Crippen LogP contribution in [0.3, 0.4) is 0 Å². The van der Waals surface area contributed by atoms with Gasteiger partial charge in [-0.05, 0) is 30.7 Å². The number of furan rings is 1. The fraction of sp³-hybridized carbons (Fsp3) is 0.200. The predicted octanol–water partition coefficient (Wildman–Crippen LogP) is 3.57. The van der Waals surface area contributed by atoms with Crippen LogP contribution in [0.1, 0.15) is 29.7 Å². The van der Waals surface area contributed by atoms with E-state index in [1.54, 1.807) is 34.1 Å². The quantitative estimate of drug-likeness (QED) is 0.489. The van der Waals surface area contributed by atoms with Crippen molar-refractivity contribution in [2.75, 3.05) is 6.54 Å². The summed E-state index contributed by atoms with van der Waals surface area (Å²) in [4.78, 5) is 19.0. The van der Waals surface area contributed by atoms with E-state index in [-0.39, 0.29) is 12.5 Å². The van der Waals surface area contributed by atoms with Crippen LogP contribution in [-0.4, -0.2) is 37.1 Å². The number of amides is 1. The third-order valence-corrected chi connectivity index (χ3v) is 4.20. The van der Waals surface area contributed by atoms with Crippen LogP contribution in [-0.2, 0) is 6.54 Å². The minimum absolute atomic E-state index is 0.152. The topological polar surface area (TPSA) is 90.2 Å². The summed E-state index contributed by atoms with van der Waals surface area (Å²) in [5.74, 6) is 0.979. The fourth-order valence-electron chi connectivity index (χ4n) is 2.91. The van der Waals surface area contributed by atoms with Crippen molar-refractivity contribution in [1.82, 2.24) is 24.6 Å². The first-order valence-corrected chi connectivity index (χ1v) is 8.99. The van der Waals surface area contributed by atoms with Gasteiger partial charge in [-0.1, -0.05) is 25.1 Å². The highest BCUT2D eigenvalue weighted by atomic mass is 16.4. The summed E-state index contributed by atoms with van der Waals surface area (Å²) in [6.07, 6.45) is 5.54. The lowest BCUT2D eigenvalue weighted by atomic mass is 10.3. The van der Waals surface area contributed by atoms with Crippen molar-refractivity contribution in [2.45, 2.75) is 19.9 Å². The van der Waals surface area contributed by atoms with Crippen LogP contribution in [0.4, 0.5) is 0 Å². The van der Waals surface area contributed by atoms with Gasteiger partial charge in [0.1, 0.15) is 5.69 Å². The molecule has 28 heavy (non-hydrogen) atoms. The molecule has 0 N–H and O–H groups in total. The number of aromatic nitrogens is 4. The third kappa shape index (κ3) is 3.57. The number of rotatable bonds is 7. The zero-order valence-electron chi connectivity index (χ0n) is 15.4. The van der Waals surface area contributed by atoms with Crippen LogP contribution in [0.25, 0.3) is 17.3 Å². The summed E-state index contributed by atoms with van der Waals surface area (Å²) in [6.45, 7) is 2.77. The Morgan fingerprint density at radius 3 is 2.75 bits per heavy atom. The Bertz CT molecular complexity index is 1040. The normalized spacial score (nSPS) is 10.9. The lowest BCUT2D eigenvalue weighted by Crippen LogP contribution is -2.32. The second kappa shape index (κ2) is 7.91. The molecule has 0 aliphatic carbocycles. The monoisotopic (exact) mass is 377 g/mol. The van der Waals surface area contributed by atoms with E-state index in [0.717, 1.165) is 12.1 Å². The molecule has 0 atom stereocenters. The molecule has 0 unspecified atom stereocenters. The first-order valence-electron chi connectivity index (χ1n) is 8.99. The van der Waals surface area contributed by atoms with Crippen molar-refractivity contribution >= 4 is 5.91 Å². The van der Waals surface area contributed by atoms with Crippen molar-refractivity contribution < 1.29 is 13.6 Å². The van der Waals surface area contributed by atoms with Crippen LogP contribution >= 0.6 is 0 Å². The molecule has 1 aromatic carbocycles. The highest BCUT2D eigenvalue weighted by Gasteiger charge is 2.22. The van der Waals surface area contributed by atoms with Crippen molar-refractivity contribution in [2.24, 2.45) is 0 Å². The Balaban J connectivity index is 1.57. The second-order valence-corrected chi connectivity index (χ2v) is 6.19. The molecule has 0 spiro atoms. The van der Waals surface area contributed by atoms with E-state index in [9.17, 15) is 4.79 Å². The Morgan fingerprint density at radius 2 is 2.00 bits per heavy atom. The van der Waals surface area contributed by atoms with Gasteiger partial charge in [0.15, 0.2) is 5.76 Å². The molecule has 1 amide bonds. The van der Waals surface area contributed by atoms with Gasteiger partial charge in [0.25, 0.3) is 11.8 Å². The Hall–Kier alpha value is -3.68. The molecule has 8 nitrogen and oxygen atoms in total. The maximum absolute atomic E-state index is 13.2. The molecule has 8 heteroatoms. The fourth-order valence-corrected chi connectivity index (χ4v) is 2.91. The minimum Gasteiger partial charge on any atom is -0.459 e. The van der Waals surface area contributed by atoms with Crippen molar-refractivity contribution in [3.8, 4) is 17.3 Å². The van der Waals surface area contributed by atoms with Crippen LogP contribution < -0.4 is 0 Å². The van der Waals surface area contributed by atoms with Gasteiger partial charge in [-0.3, -0.25) is 9.36 Å². The van der Waals surface area contributed by atoms with Crippen LogP contribution in [0.5, 0.6) is 0 Å². The highest BCUT2D eigenvalue weighted by molar-refractivity contribution is 5.93. The molecule has 4 aromatic rings. The summed E-state index contributed by atoms with van der Waals surface area (Å²) < 4.78 is 12.7. The van der Waals surface area contributed by atoms with E-state index in [2.05, 4.69) is 15.2 Å². The van der Waals surface area contributed by atoms with Crippen LogP contribution in [0, 0.1) is 0 Å². The van der Waals surface area contributed by atoms with Gasteiger partial charge in [-0.15, -0.1) is 10.2 Å². The summed E-state index contributed by atoms with van der Waals surface area (Å²) >= 11 is 0. The lowest BCUT2D eigenvalue weighted by molar-refractivity contribution is 0.0720. The molecule has 0 aliphatic rings. The number of benzene rings is 1. The van der Waals surface area contributed by atoms with Crippen LogP contribution in [0.2, 0.25) is 0 Å². The SMILES string of the molecule is CCCN(Cc1nnc(-c2ccco2)o1)C(=O)c1cncn1-c1ccccc1. The van der Waals surface area contributed by atoms with E-state index < -0.39 is 0 Å². The molecule has 3 heterocycles. The molecular formula is C20H19N5O3. The van der Waals surface area contributed by atoms with Crippen molar-refractivity contribution in [3.05, 3.63) is 72.8 Å². The third-order valence-electron chi connectivity index (χ3n) is 4.20. The summed E-state index contributed by atoms with van der Waals surface area (Å²) in [5.41, 5.74) is 1.35. The maximum atomic E-state index is 13.2. The summed E-state index contributed by atoms with van der Waals surface area (Å²) in [5, 5.41) is 8.04. The van der Waals surface area contributed by atoms with Gasteiger partial charge in [-0.25, -0.2) is 4.98 Å². The summed E-state index contributed by atoms with van der Waals surface area (Å²) in [6, 6.07) is 13.1. The standard InChI is InChI=1S/C20H19N5O3/c1-2-10-24(13-18-22-23-19(28-18)17-9-6-11-27-17)20(26)16-12-21-14-25(16)15-7-4-3-5-8-15/h3-9,11-12,14H,2,10,13H2,1H3. The minimum atomic E-state index is -0.152. The van der Waals surface area contributed by atoms with Crippen molar-refractivity contribution in [1.29, 1.82) is 0 Å². The van der Waals surface area contributed by atoms with E-state index in [1.165, 1.54) is 6.26 Å². The average molecular weight is 377 g/mol. The molecule has 0 saturated heterocycles. The number of para-hydroxylation sites is 1. The number of imidazole rings is 1. The molecule has 4 rings (SSSR count). The second-order valence-electron chi connectivity index (χ2n) is 6.19. The Morgan fingerprint density at radius 1 is 1.14 bits per heavy atom. The average Bonchev–Trinajstić information content (AvgIpc) is 3.48. The zero-order valence-corrected chi connectivity index (χ0v) is 15.4. The largest absolute Gasteiger partial charge is 0.459 e. The number of nitrogens with zero attached hydrogens (tertiary/aromatic N) is 5. The smallest absolute Gasteiger partial charge is 0.283 e. The number of hydrogen-bond donors (Lipinski definition) is 0. The molecule has 142 valence electrons. The van der Waals surface area contributed by atoms with E-state index in [0.29, 0.717) is 29.8 Å². The van der Waals surface area contributed by atoms with E-state index in [1.807, 2.05) is 37.3 Å². The zero-order chi connectivity index (χ0) is 19.3. The van der Waals surface area contributed by atoms with Gasteiger partial charge in [0.05, 0.1) is 25.3 Å². The molecule has 3 aromatic heterocycles. The van der Waals surface area contributed by atoms with Gasteiger partial charge in [0.2, 0.25) is 5.89 Å². The number of carbonyl (C=O) groups is 1. The van der Waals surface area contributed by atoms with Gasteiger partial charge < -0.3 is 13.7 Å². The Labute approximate surface area is 161 Å². The number of carbonyl (C=O) groups excluding carboxylic acids is 1. The molecule has 0 aliphatic heterocycles. The maximum Gasteiger partial charge on any atom is 0.283 e. The predicted molar refractivity (Wildman–Crippen MR) is 101 cm³/mol. The summed E-state index contributed by atoms with van der Waals surface area (Å²) in [7, 11) is 0. The van der Waals surface area contributed by atoms with Crippen molar-refractivity contribution in [3.63, 3.8) is 0 Å².